The Hall–Kier alpha value is -2.39. The van der Waals surface area contributed by atoms with E-state index < -0.39 is 34.0 Å². The monoisotopic (exact) mass is 252 g/mol. The minimum atomic E-state index is -5.17. The van der Waals surface area contributed by atoms with Crippen molar-refractivity contribution in [3.8, 4) is 5.75 Å². The molecule has 0 fully saturated rings. The Balaban J connectivity index is 3.44. The molecule has 0 amide bonds. The second-order valence-corrected chi connectivity index (χ2v) is 2.68. The number of hydrogen-bond acceptors (Lipinski definition) is 5. The van der Waals surface area contributed by atoms with Gasteiger partial charge in [-0.1, -0.05) is 0 Å². The van der Waals surface area contributed by atoms with Crippen LogP contribution in [0.2, 0.25) is 0 Å². The smallest absolute Gasteiger partial charge is 0.404 e. The Morgan fingerprint density at radius 2 is 2.06 bits per heavy atom. The Morgan fingerprint density at radius 1 is 1.47 bits per heavy atom. The van der Waals surface area contributed by atoms with Crippen molar-refractivity contribution in [1.29, 1.82) is 0 Å². The molecule has 0 unspecified atom stereocenters. The van der Waals surface area contributed by atoms with Crippen LogP contribution < -0.4 is 10.3 Å². The van der Waals surface area contributed by atoms with Crippen LogP contribution in [-0.2, 0) is 0 Å². The lowest BCUT2D eigenvalue weighted by Crippen LogP contribution is -2.21. The number of nitrogens with one attached hydrogen (secondary N) is 1. The Morgan fingerprint density at radius 3 is 2.47 bits per heavy atom. The first-order valence-electron chi connectivity index (χ1n) is 3.87. The van der Waals surface area contributed by atoms with Crippen molar-refractivity contribution < 1.29 is 27.6 Å². The van der Waals surface area contributed by atoms with Crippen LogP contribution in [0.4, 0.5) is 19.0 Å². The largest absolute Gasteiger partial charge is 0.573 e. The molecule has 0 aliphatic carbocycles. The SMILES string of the molecule is O=Cc1c(OC(F)(F)F)cc(=O)[nH]c1[N+](=O)[O-]. The van der Waals surface area contributed by atoms with Crippen LogP contribution in [0.25, 0.3) is 0 Å². The summed E-state index contributed by atoms with van der Waals surface area (Å²) in [6.07, 6.45) is -5.38. The second kappa shape index (κ2) is 4.23. The topological polar surface area (TPSA) is 102 Å². The maximum absolute atomic E-state index is 11.9. The summed E-state index contributed by atoms with van der Waals surface area (Å²) < 4.78 is 39.0. The summed E-state index contributed by atoms with van der Waals surface area (Å²) in [6.45, 7) is 0. The van der Waals surface area contributed by atoms with Gasteiger partial charge >= 0.3 is 17.7 Å². The second-order valence-electron chi connectivity index (χ2n) is 2.68. The molecule has 0 aromatic carbocycles. The number of nitro groups is 1. The number of aromatic amines is 1. The lowest BCUT2D eigenvalue weighted by atomic mass is 10.2. The van der Waals surface area contributed by atoms with Gasteiger partial charge in [-0.15, -0.1) is 13.2 Å². The minimum absolute atomic E-state index is 0.213. The van der Waals surface area contributed by atoms with Crippen molar-refractivity contribution in [2.45, 2.75) is 6.36 Å². The van der Waals surface area contributed by atoms with Crippen molar-refractivity contribution in [1.82, 2.24) is 4.98 Å². The molecule has 0 bridgehead atoms. The fourth-order valence-electron chi connectivity index (χ4n) is 1.00. The molecule has 0 aliphatic rings. The van der Waals surface area contributed by atoms with E-state index in [9.17, 15) is 32.9 Å². The van der Waals surface area contributed by atoms with Crippen LogP contribution in [-0.4, -0.2) is 22.6 Å². The van der Waals surface area contributed by atoms with E-state index in [0.717, 1.165) is 0 Å². The molecule has 7 nitrogen and oxygen atoms in total. The number of aldehydes is 1. The molecular weight excluding hydrogens is 249 g/mol. The third-order valence-corrected chi connectivity index (χ3v) is 1.55. The van der Waals surface area contributed by atoms with Crippen LogP contribution in [0, 0.1) is 10.1 Å². The van der Waals surface area contributed by atoms with Gasteiger partial charge in [0.15, 0.2) is 17.6 Å². The van der Waals surface area contributed by atoms with Gasteiger partial charge in [0.2, 0.25) is 0 Å². The normalized spacial score (nSPS) is 11.0. The molecule has 17 heavy (non-hydrogen) atoms. The molecule has 1 rings (SSSR count). The van der Waals surface area contributed by atoms with Gasteiger partial charge in [-0.2, -0.15) is 0 Å². The number of carbonyl (C=O) groups excluding carboxylic acids is 1. The van der Waals surface area contributed by atoms with E-state index in [2.05, 4.69) is 4.74 Å². The highest BCUT2D eigenvalue weighted by Gasteiger charge is 2.34. The molecular formula is C7H3F3N2O5. The van der Waals surface area contributed by atoms with Gasteiger partial charge in [-0.05, 0) is 4.92 Å². The van der Waals surface area contributed by atoms with E-state index in [4.69, 9.17) is 0 Å². The van der Waals surface area contributed by atoms with Crippen LogP contribution in [0.5, 0.6) is 5.75 Å². The standard InChI is InChI=1S/C7H3F3N2O5/c8-7(9,10)17-4-1-5(14)11-6(12(15)16)3(4)2-13/h1-2H,(H,11,14). The van der Waals surface area contributed by atoms with Gasteiger partial charge in [0.25, 0.3) is 0 Å². The summed E-state index contributed by atoms with van der Waals surface area (Å²) in [4.78, 5) is 32.1. The number of H-pyrrole nitrogens is 1. The molecule has 0 aliphatic heterocycles. The predicted molar refractivity (Wildman–Crippen MR) is 45.8 cm³/mol. The highest BCUT2D eigenvalue weighted by Crippen LogP contribution is 2.27. The van der Waals surface area contributed by atoms with E-state index in [1.54, 1.807) is 4.98 Å². The molecule has 0 spiro atoms. The zero-order chi connectivity index (χ0) is 13.2. The van der Waals surface area contributed by atoms with E-state index in [1.165, 1.54) is 0 Å². The lowest BCUT2D eigenvalue weighted by Gasteiger charge is -2.09. The Kier molecular flexibility index (Phi) is 3.16. The average Bonchev–Trinajstić information content (AvgIpc) is 2.14. The summed E-state index contributed by atoms with van der Waals surface area (Å²) in [5, 5.41) is 10.4. The highest BCUT2D eigenvalue weighted by atomic mass is 19.4. The van der Waals surface area contributed by atoms with E-state index in [-0.39, 0.29) is 6.29 Å². The van der Waals surface area contributed by atoms with Crippen LogP contribution in [0.3, 0.4) is 0 Å². The van der Waals surface area contributed by atoms with E-state index >= 15 is 0 Å². The number of nitrogens with zero attached hydrogens (tertiary/aromatic N) is 1. The molecule has 1 heterocycles. The molecule has 0 saturated carbocycles. The quantitative estimate of drug-likeness (QED) is 0.491. The molecule has 0 saturated heterocycles. The van der Waals surface area contributed by atoms with Crippen molar-refractivity contribution in [2.24, 2.45) is 0 Å². The number of pyridine rings is 1. The molecule has 92 valence electrons. The maximum Gasteiger partial charge on any atom is 0.573 e. The summed E-state index contributed by atoms with van der Waals surface area (Å²) in [5.41, 5.74) is -2.19. The van der Waals surface area contributed by atoms with Gasteiger partial charge in [0, 0.05) is 0 Å². The van der Waals surface area contributed by atoms with Crippen LogP contribution in [0.15, 0.2) is 10.9 Å². The summed E-state index contributed by atoms with van der Waals surface area (Å²) in [5.74, 6) is -2.38. The van der Waals surface area contributed by atoms with Gasteiger partial charge in [-0.25, -0.2) is 9.78 Å². The van der Waals surface area contributed by atoms with Crippen molar-refractivity contribution in [3.05, 3.63) is 32.1 Å². The number of carbonyl (C=O) groups is 1. The maximum atomic E-state index is 11.9. The number of alkyl halides is 3. The first kappa shape index (κ1) is 12.7. The number of halogens is 3. The molecule has 0 radical (unpaired) electrons. The number of aromatic nitrogens is 1. The fraction of sp³-hybridized carbons (Fsp3) is 0.143. The molecule has 0 atom stereocenters. The molecule has 1 aromatic heterocycles. The minimum Gasteiger partial charge on any atom is -0.404 e. The third kappa shape index (κ3) is 3.03. The predicted octanol–water partition coefficient (Wildman–Crippen LogP) is 0.994. The first-order valence-corrected chi connectivity index (χ1v) is 3.87. The fourth-order valence-corrected chi connectivity index (χ4v) is 1.00. The Bertz CT molecular complexity index is 521. The third-order valence-electron chi connectivity index (χ3n) is 1.55. The van der Waals surface area contributed by atoms with Crippen molar-refractivity contribution in [3.63, 3.8) is 0 Å². The molecule has 10 heteroatoms. The zero-order valence-corrected chi connectivity index (χ0v) is 7.78. The molecule has 1 N–H and O–H groups in total. The van der Waals surface area contributed by atoms with Crippen molar-refractivity contribution >= 4 is 12.1 Å². The van der Waals surface area contributed by atoms with E-state index in [1.807, 2.05) is 0 Å². The summed E-state index contributed by atoms with van der Waals surface area (Å²) in [7, 11) is 0. The highest BCUT2D eigenvalue weighted by molar-refractivity contribution is 5.84. The number of ether oxygens (including phenoxy) is 1. The number of hydrogen-bond donors (Lipinski definition) is 1. The number of rotatable bonds is 3. The summed E-state index contributed by atoms with van der Waals surface area (Å²) in [6, 6.07) is 0.296. The van der Waals surface area contributed by atoms with Crippen LogP contribution in [0.1, 0.15) is 10.4 Å². The van der Waals surface area contributed by atoms with E-state index in [0.29, 0.717) is 6.07 Å². The average molecular weight is 252 g/mol. The Labute approximate surface area is 90.0 Å². The van der Waals surface area contributed by atoms with Crippen molar-refractivity contribution in [2.75, 3.05) is 0 Å². The summed E-state index contributed by atoms with van der Waals surface area (Å²) >= 11 is 0. The van der Waals surface area contributed by atoms with Gasteiger partial charge in [-0.3, -0.25) is 4.79 Å². The molecule has 1 aromatic rings. The van der Waals surface area contributed by atoms with Gasteiger partial charge in [0.05, 0.1) is 6.07 Å². The van der Waals surface area contributed by atoms with Crippen LogP contribution >= 0.6 is 0 Å². The van der Waals surface area contributed by atoms with Gasteiger partial charge in [0.1, 0.15) is 0 Å². The lowest BCUT2D eigenvalue weighted by molar-refractivity contribution is -0.390. The zero-order valence-electron chi connectivity index (χ0n) is 7.78. The van der Waals surface area contributed by atoms with Gasteiger partial charge < -0.3 is 14.9 Å². The first-order chi connectivity index (χ1) is 7.74.